The van der Waals surface area contributed by atoms with Gasteiger partial charge in [0.15, 0.2) is 12.4 Å². The van der Waals surface area contributed by atoms with Crippen molar-refractivity contribution in [2.75, 3.05) is 12.4 Å². The van der Waals surface area contributed by atoms with Gasteiger partial charge in [-0.25, -0.2) is 4.68 Å². The summed E-state index contributed by atoms with van der Waals surface area (Å²) in [6, 6.07) is 13.0. The highest BCUT2D eigenvalue weighted by Gasteiger charge is 2.15. The van der Waals surface area contributed by atoms with Crippen LogP contribution < -0.4 is 19.5 Å². The zero-order chi connectivity index (χ0) is 20.8. The first kappa shape index (κ1) is 20.1. The topological polar surface area (TPSA) is 74.6 Å². The number of rotatable bonds is 8. The lowest BCUT2D eigenvalue weighted by Crippen LogP contribution is -2.15. The summed E-state index contributed by atoms with van der Waals surface area (Å²) >= 11 is 0. The summed E-state index contributed by atoms with van der Waals surface area (Å²) in [7, 11) is 1.57. The first-order valence-corrected chi connectivity index (χ1v) is 8.62. The van der Waals surface area contributed by atoms with Crippen LogP contribution in [0.2, 0.25) is 0 Å². The van der Waals surface area contributed by atoms with Crippen LogP contribution in [0.15, 0.2) is 54.7 Å². The van der Waals surface area contributed by atoms with Gasteiger partial charge in [0.05, 0.1) is 12.8 Å². The Morgan fingerprint density at radius 3 is 2.55 bits per heavy atom. The number of carbonyl (C=O) groups is 1. The molecule has 0 bridgehead atoms. The SMILES string of the molecule is COc1ccc(OCn2ccc(C(=O)Nc3cc(C)ccc3OC(F)F)n2)cc1. The van der Waals surface area contributed by atoms with Crippen LogP contribution in [0.1, 0.15) is 16.1 Å². The standard InChI is InChI=1S/C20H19F2N3O4/c1-13-3-8-18(29-20(21)22)17(11-13)23-19(26)16-9-10-25(24-16)12-28-15-6-4-14(27-2)5-7-15/h3-11,20H,12H2,1-2H3,(H,23,26). The fraction of sp³-hybridized carbons (Fsp3) is 0.200. The van der Waals surface area contributed by atoms with Gasteiger partial charge in [0.1, 0.15) is 17.2 Å². The molecule has 1 aromatic heterocycles. The van der Waals surface area contributed by atoms with Crippen molar-refractivity contribution in [2.24, 2.45) is 0 Å². The number of nitrogens with zero attached hydrogens (tertiary/aromatic N) is 2. The largest absolute Gasteiger partial charge is 0.497 e. The van der Waals surface area contributed by atoms with Gasteiger partial charge in [-0.05, 0) is 55.0 Å². The highest BCUT2D eigenvalue weighted by molar-refractivity contribution is 6.03. The molecule has 9 heteroatoms. The maximum absolute atomic E-state index is 12.6. The van der Waals surface area contributed by atoms with Gasteiger partial charge in [-0.3, -0.25) is 4.79 Å². The van der Waals surface area contributed by atoms with Crippen molar-refractivity contribution >= 4 is 11.6 Å². The average molecular weight is 403 g/mol. The molecule has 0 spiro atoms. The molecule has 29 heavy (non-hydrogen) atoms. The number of anilines is 1. The lowest BCUT2D eigenvalue weighted by Gasteiger charge is -2.12. The Balaban J connectivity index is 1.64. The van der Waals surface area contributed by atoms with Gasteiger partial charge in [-0.2, -0.15) is 13.9 Å². The minimum Gasteiger partial charge on any atom is -0.497 e. The van der Waals surface area contributed by atoms with E-state index >= 15 is 0 Å². The summed E-state index contributed by atoms with van der Waals surface area (Å²) < 4.78 is 41.7. The number of hydrogen-bond donors (Lipinski definition) is 1. The summed E-state index contributed by atoms with van der Waals surface area (Å²) in [5.74, 6) is 0.640. The molecule has 0 saturated heterocycles. The first-order valence-electron chi connectivity index (χ1n) is 8.62. The van der Waals surface area contributed by atoms with Gasteiger partial charge < -0.3 is 19.5 Å². The molecule has 0 aliphatic carbocycles. The number of benzene rings is 2. The minimum atomic E-state index is -3.00. The van der Waals surface area contributed by atoms with Gasteiger partial charge in [0.2, 0.25) is 0 Å². The number of amides is 1. The number of nitrogens with one attached hydrogen (secondary N) is 1. The van der Waals surface area contributed by atoms with Crippen LogP contribution in [0, 0.1) is 6.92 Å². The second-order valence-corrected chi connectivity index (χ2v) is 6.02. The number of aromatic nitrogens is 2. The summed E-state index contributed by atoms with van der Waals surface area (Å²) in [5, 5.41) is 6.68. The van der Waals surface area contributed by atoms with E-state index in [-0.39, 0.29) is 23.9 Å². The molecule has 0 fully saturated rings. The van der Waals surface area contributed by atoms with Gasteiger partial charge in [0.25, 0.3) is 5.91 Å². The molecule has 152 valence electrons. The fourth-order valence-electron chi connectivity index (χ4n) is 2.49. The normalized spacial score (nSPS) is 10.7. The van der Waals surface area contributed by atoms with Crippen LogP contribution in [-0.2, 0) is 6.73 Å². The molecule has 0 unspecified atom stereocenters. The van der Waals surface area contributed by atoms with E-state index < -0.39 is 12.5 Å². The molecule has 2 aromatic carbocycles. The average Bonchev–Trinajstić information content (AvgIpc) is 3.18. The third kappa shape index (κ3) is 5.44. The molecular weight excluding hydrogens is 384 g/mol. The Hall–Kier alpha value is -3.62. The Morgan fingerprint density at radius 2 is 1.86 bits per heavy atom. The molecular formula is C20H19F2N3O4. The molecule has 0 atom stereocenters. The van der Waals surface area contributed by atoms with Crippen LogP contribution in [0.25, 0.3) is 0 Å². The van der Waals surface area contributed by atoms with Crippen molar-refractivity contribution in [3.63, 3.8) is 0 Å². The molecule has 1 heterocycles. The van der Waals surface area contributed by atoms with E-state index in [9.17, 15) is 13.6 Å². The van der Waals surface area contributed by atoms with Gasteiger partial charge in [0, 0.05) is 6.20 Å². The number of ether oxygens (including phenoxy) is 3. The third-order valence-corrected chi connectivity index (χ3v) is 3.90. The van der Waals surface area contributed by atoms with Gasteiger partial charge in [-0.15, -0.1) is 0 Å². The van der Waals surface area contributed by atoms with Crippen molar-refractivity contribution < 1.29 is 27.8 Å². The van der Waals surface area contributed by atoms with E-state index in [0.29, 0.717) is 11.5 Å². The van der Waals surface area contributed by atoms with Crippen LogP contribution in [-0.4, -0.2) is 29.4 Å². The zero-order valence-corrected chi connectivity index (χ0v) is 15.8. The van der Waals surface area contributed by atoms with Crippen molar-refractivity contribution in [3.8, 4) is 17.2 Å². The number of hydrogen-bond acceptors (Lipinski definition) is 5. The van der Waals surface area contributed by atoms with E-state index in [0.717, 1.165) is 5.56 Å². The van der Waals surface area contributed by atoms with Crippen molar-refractivity contribution in [1.82, 2.24) is 9.78 Å². The van der Waals surface area contributed by atoms with E-state index in [4.69, 9.17) is 9.47 Å². The number of halogens is 2. The van der Waals surface area contributed by atoms with E-state index in [2.05, 4.69) is 15.2 Å². The Morgan fingerprint density at radius 1 is 1.14 bits per heavy atom. The van der Waals surface area contributed by atoms with Crippen molar-refractivity contribution in [3.05, 3.63) is 66.0 Å². The zero-order valence-electron chi connectivity index (χ0n) is 15.8. The maximum Gasteiger partial charge on any atom is 0.387 e. The van der Waals surface area contributed by atoms with Gasteiger partial charge >= 0.3 is 6.61 Å². The number of methoxy groups -OCH3 is 1. The Kier molecular flexibility index (Phi) is 6.28. The first-order chi connectivity index (χ1) is 13.9. The smallest absolute Gasteiger partial charge is 0.387 e. The highest BCUT2D eigenvalue weighted by atomic mass is 19.3. The highest BCUT2D eigenvalue weighted by Crippen LogP contribution is 2.27. The molecule has 1 amide bonds. The molecule has 3 rings (SSSR count). The predicted molar refractivity (Wildman–Crippen MR) is 102 cm³/mol. The number of carbonyl (C=O) groups excluding carboxylic acids is 1. The van der Waals surface area contributed by atoms with Crippen LogP contribution >= 0.6 is 0 Å². The maximum atomic E-state index is 12.6. The minimum absolute atomic E-state index is 0.0871. The fourth-order valence-corrected chi connectivity index (χ4v) is 2.49. The van der Waals surface area contributed by atoms with Gasteiger partial charge in [-0.1, -0.05) is 6.07 Å². The summed E-state index contributed by atoms with van der Waals surface area (Å²) in [4.78, 5) is 12.4. The molecule has 0 saturated carbocycles. The Labute approximate surface area is 165 Å². The number of alkyl halides is 2. The summed E-state index contributed by atoms with van der Waals surface area (Å²) in [5.41, 5.74) is 1.02. The predicted octanol–water partition coefficient (Wildman–Crippen LogP) is 4.09. The quantitative estimate of drug-likeness (QED) is 0.613. The second-order valence-electron chi connectivity index (χ2n) is 6.02. The number of aryl methyl sites for hydroxylation is 1. The molecule has 7 nitrogen and oxygen atoms in total. The van der Waals surface area contributed by atoms with E-state index in [1.165, 1.54) is 16.8 Å². The van der Waals surface area contributed by atoms with Crippen LogP contribution in [0.4, 0.5) is 14.5 Å². The third-order valence-electron chi connectivity index (χ3n) is 3.90. The molecule has 0 aliphatic heterocycles. The van der Waals surface area contributed by atoms with E-state index in [1.54, 1.807) is 56.6 Å². The molecule has 1 N–H and O–H groups in total. The Bertz CT molecular complexity index is 974. The lowest BCUT2D eigenvalue weighted by atomic mass is 10.2. The lowest BCUT2D eigenvalue weighted by molar-refractivity contribution is -0.0493. The molecule has 0 radical (unpaired) electrons. The monoisotopic (exact) mass is 403 g/mol. The molecule has 0 aliphatic rings. The van der Waals surface area contributed by atoms with Crippen molar-refractivity contribution in [1.29, 1.82) is 0 Å². The second kappa shape index (κ2) is 9.05. The molecule has 3 aromatic rings. The van der Waals surface area contributed by atoms with Crippen LogP contribution in [0.3, 0.4) is 0 Å². The van der Waals surface area contributed by atoms with Crippen LogP contribution in [0.5, 0.6) is 17.2 Å². The van der Waals surface area contributed by atoms with Crippen molar-refractivity contribution in [2.45, 2.75) is 20.3 Å². The summed E-state index contributed by atoms with van der Waals surface area (Å²) in [6.07, 6.45) is 1.57. The van der Waals surface area contributed by atoms with E-state index in [1.807, 2.05) is 0 Å². The summed E-state index contributed by atoms with van der Waals surface area (Å²) in [6.45, 7) is -1.14.